The molecule has 22 heavy (non-hydrogen) atoms. The van der Waals surface area contributed by atoms with Gasteiger partial charge in [0.2, 0.25) is 0 Å². The topological polar surface area (TPSA) is 63.2 Å². The zero-order valence-electron chi connectivity index (χ0n) is 12.4. The molecule has 5 nitrogen and oxygen atoms in total. The molecule has 0 spiro atoms. The molecular weight excluding hydrogens is 285 g/mol. The molecule has 1 aliphatic heterocycles. The minimum atomic E-state index is -0.465. The summed E-state index contributed by atoms with van der Waals surface area (Å²) in [4.78, 5) is 16.5. The van der Waals surface area contributed by atoms with Gasteiger partial charge >= 0.3 is 0 Å². The highest BCUT2D eigenvalue weighted by Gasteiger charge is 2.17. The number of rotatable bonds is 3. The number of halogens is 1. The molecule has 2 N–H and O–H groups in total. The second kappa shape index (κ2) is 6.27. The van der Waals surface area contributed by atoms with Crippen LogP contribution >= 0.6 is 0 Å². The first-order valence-electron chi connectivity index (χ1n) is 7.32. The predicted molar refractivity (Wildman–Crippen MR) is 81.6 cm³/mol. The molecule has 116 valence electrons. The van der Waals surface area contributed by atoms with Crippen LogP contribution in [0.2, 0.25) is 0 Å². The molecule has 3 rings (SSSR count). The fourth-order valence-corrected chi connectivity index (χ4v) is 2.64. The molecule has 0 saturated carbocycles. The van der Waals surface area contributed by atoms with Crippen molar-refractivity contribution in [2.75, 3.05) is 20.2 Å². The Bertz CT molecular complexity index is 699. The van der Waals surface area contributed by atoms with E-state index in [4.69, 9.17) is 4.74 Å². The Morgan fingerprint density at radius 2 is 2.14 bits per heavy atom. The summed E-state index contributed by atoms with van der Waals surface area (Å²) < 4.78 is 18.7. The standard InChI is InChI=1S/C16H18FN3O2/c1-22-15-8-14-10(7-13(15)17)6-11(9-19-14)16(21)20-12-2-4-18-5-3-12/h6-9,12,18H,2-5H2,1H3,(H,20,21). The number of pyridine rings is 1. The number of hydrogen-bond acceptors (Lipinski definition) is 4. The fourth-order valence-electron chi connectivity index (χ4n) is 2.64. The van der Waals surface area contributed by atoms with Crippen molar-refractivity contribution in [1.82, 2.24) is 15.6 Å². The smallest absolute Gasteiger partial charge is 0.253 e. The molecule has 1 aliphatic rings. The third kappa shape index (κ3) is 3.01. The highest BCUT2D eigenvalue weighted by Crippen LogP contribution is 2.23. The van der Waals surface area contributed by atoms with Gasteiger partial charge in [-0.3, -0.25) is 9.78 Å². The number of nitrogens with zero attached hydrogens (tertiary/aromatic N) is 1. The van der Waals surface area contributed by atoms with Crippen molar-refractivity contribution in [2.45, 2.75) is 18.9 Å². The van der Waals surface area contributed by atoms with E-state index in [0.717, 1.165) is 25.9 Å². The van der Waals surface area contributed by atoms with E-state index >= 15 is 0 Å². The average Bonchev–Trinajstić information content (AvgIpc) is 2.54. The van der Waals surface area contributed by atoms with Gasteiger partial charge in [-0.25, -0.2) is 4.39 Å². The third-order valence-corrected chi connectivity index (χ3v) is 3.89. The molecule has 6 heteroatoms. The van der Waals surface area contributed by atoms with Crippen molar-refractivity contribution < 1.29 is 13.9 Å². The zero-order valence-corrected chi connectivity index (χ0v) is 12.4. The molecule has 2 aromatic rings. The van der Waals surface area contributed by atoms with Crippen molar-refractivity contribution in [1.29, 1.82) is 0 Å². The Labute approximate surface area is 127 Å². The van der Waals surface area contributed by atoms with Gasteiger partial charge in [0, 0.05) is 23.7 Å². The maximum Gasteiger partial charge on any atom is 0.253 e. The molecule has 1 saturated heterocycles. The first-order valence-corrected chi connectivity index (χ1v) is 7.32. The van der Waals surface area contributed by atoms with Crippen LogP contribution < -0.4 is 15.4 Å². The Morgan fingerprint density at radius 3 is 2.86 bits per heavy atom. The third-order valence-electron chi connectivity index (χ3n) is 3.89. The van der Waals surface area contributed by atoms with E-state index in [1.807, 2.05) is 0 Å². The van der Waals surface area contributed by atoms with Crippen LogP contribution in [0.4, 0.5) is 4.39 Å². The van der Waals surface area contributed by atoms with Crippen LogP contribution in [0.15, 0.2) is 24.4 Å². The van der Waals surface area contributed by atoms with E-state index in [1.54, 1.807) is 6.07 Å². The second-order valence-corrected chi connectivity index (χ2v) is 5.40. The quantitative estimate of drug-likeness (QED) is 0.908. The number of hydrogen-bond donors (Lipinski definition) is 2. The van der Waals surface area contributed by atoms with Crippen LogP contribution in [0.25, 0.3) is 10.9 Å². The molecule has 0 radical (unpaired) electrons. The molecule has 0 aliphatic carbocycles. The molecule has 1 aromatic carbocycles. The first-order chi connectivity index (χ1) is 10.7. The number of amides is 1. The number of nitrogens with one attached hydrogen (secondary N) is 2. The SMILES string of the molecule is COc1cc2ncc(C(=O)NC3CCNCC3)cc2cc1F. The molecule has 1 aromatic heterocycles. The van der Waals surface area contributed by atoms with E-state index in [-0.39, 0.29) is 17.7 Å². The Morgan fingerprint density at radius 1 is 1.36 bits per heavy atom. The Hall–Kier alpha value is -2.21. The van der Waals surface area contributed by atoms with Crippen molar-refractivity contribution in [3.63, 3.8) is 0 Å². The lowest BCUT2D eigenvalue weighted by Gasteiger charge is -2.23. The number of aromatic nitrogens is 1. The first kappa shape index (κ1) is 14.7. The van der Waals surface area contributed by atoms with E-state index in [9.17, 15) is 9.18 Å². The van der Waals surface area contributed by atoms with Crippen LogP contribution in [-0.4, -0.2) is 37.1 Å². The van der Waals surface area contributed by atoms with E-state index < -0.39 is 5.82 Å². The van der Waals surface area contributed by atoms with Crippen molar-refractivity contribution in [2.24, 2.45) is 0 Å². The summed E-state index contributed by atoms with van der Waals surface area (Å²) in [5, 5.41) is 6.83. The molecule has 2 heterocycles. The molecule has 0 unspecified atom stereocenters. The van der Waals surface area contributed by atoms with Crippen molar-refractivity contribution >= 4 is 16.8 Å². The van der Waals surface area contributed by atoms with Gasteiger partial charge in [-0.1, -0.05) is 0 Å². The van der Waals surface area contributed by atoms with Crippen molar-refractivity contribution in [3.05, 3.63) is 35.8 Å². The van der Waals surface area contributed by atoms with Crippen LogP contribution in [0.3, 0.4) is 0 Å². The second-order valence-electron chi connectivity index (χ2n) is 5.40. The molecule has 1 fully saturated rings. The highest BCUT2D eigenvalue weighted by atomic mass is 19.1. The number of ether oxygens (including phenoxy) is 1. The summed E-state index contributed by atoms with van der Waals surface area (Å²) in [5.74, 6) is -0.489. The summed E-state index contributed by atoms with van der Waals surface area (Å²) in [6.07, 6.45) is 3.34. The maximum absolute atomic E-state index is 13.8. The normalized spacial score (nSPS) is 15.7. The summed E-state index contributed by atoms with van der Waals surface area (Å²) >= 11 is 0. The number of fused-ring (bicyclic) bond motifs is 1. The largest absolute Gasteiger partial charge is 0.494 e. The Kier molecular flexibility index (Phi) is 4.20. The van der Waals surface area contributed by atoms with E-state index in [2.05, 4.69) is 15.6 Å². The number of carbonyl (C=O) groups is 1. The van der Waals surface area contributed by atoms with E-state index in [1.165, 1.54) is 25.4 Å². The monoisotopic (exact) mass is 303 g/mol. The van der Waals surface area contributed by atoms with E-state index in [0.29, 0.717) is 16.5 Å². The minimum Gasteiger partial charge on any atom is -0.494 e. The van der Waals surface area contributed by atoms with Gasteiger partial charge in [-0.05, 0) is 38.1 Å². The van der Waals surface area contributed by atoms with Gasteiger partial charge in [0.25, 0.3) is 5.91 Å². The lowest BCUT2D eigenvalue weighted by Crippen LogP contribution is -2.42. The van der Waals surface area contributed by atoms with Crippen LogP contribution in [0.1, 0.15) is 23.2 Å². The van der Waals surface area contributed by atoms with Gasteiger partial charge in [0.15, 0.2) is 11.6 Å². The lowest BCUT2D eigenvalue weighted by molar-refractivity contribution is 0.0929. The fraction of sp³-hybridized carbons (Fsp3) is 0.375. The Balaban J connectivity index is 1.83. The maximum atomic E-state index is 13.8. The van der Waals surface area contributed by atoms with Gasteiger partial charge in [0.05, 0.1) is 18.2 Å². The van der Waals surface area contributed by atoms with Gasteiger partial charge in [0.1, 0.15) is 0 Å². The molecule has 0 bridgehead atoms. The molecular formula is C16H18FN3O2. The summed E-state index contributed by atoms with van der Waals surface area (Å²) in [6.45, 7) is 1.82. The summed E-state index contributed by atoms with van der Waals surface area (Å²) in [5.41, 5.74) is 1.03. The highest BCUT2D eigenvalue weighted by molar-refractivity contribution is 5.97. The minimum absolute atomic E-state index is 0.145. The number of benzene rings is 1. The zero-order chi connectivity index (χ0) is 15.5. The van der Waals surface area contributed by atoms with Gasteiger partial charge in [-0.2, -0.15) is 0 Å². The number of piperidine rings is 1. The molecule has 0 atom stereocenters. The van der Waals surface area contributed by atoms with Crippen LogP contribution in [0, 0.1) is 5.82 Å². The van der Waals surface area contributed by atoms with Crippen LogP contribution in [-0.2, 0) is 0 Å². The van der Waals surface area contributed by atoms with Gasteiger partial charge < -0.3 is 15.4 Å². The van der Waals surface area contributed by atoms with Crippen molar-refractivity contribution in [3.8, 4) is 5.75 Å². The van der Waals surface area contributed by atoms with Crippen LogP contribution in [0.5, 0.6) is 5.75 Å². The van der Waals surface area contributed by atoms with Gasteiger partial charge in [-0.15, -0.1) is 0 Å². The average molecular weight is 303 g/mol. The number of carbonyl (C=O) groups excluding carboxylic acids is 1. The molecule has 1 amide bonds. The number of methoxy groups -OCH3 is 1. The predicted octanol–water partition coefficient (Wildman–Crippen LogP) is 1.86. The summed E-state index contributed by atoms with van der Waals surface area (Å²) in [6, 6.07) is 4.69. The lowest BCUT2D eigenvalue weighted by atomic mass is 10.1. The summed E-state index contributed by atoms with van der Waals surface area (Å²) in [7, 11) is 1.41.